The molecule has 0 saturated carbocycles. The molecular weight excluding hydrogens is 490 g/mol. The fraction of sp³-hybridized carbons (Fsp3) is 0.522. The first-order valence-electron chi connectivity index (χ1n) is 11.2. The van der Waals surface area contributed by atoms with Gasteiger partial charge in [0.2, 0.25) is 5.72 Å². The van der Waals surface area contributed by atoms with Gasteiger partial charge in [0.15, 0.2) is 0 Å². The van der Waals surface area contributed by atoms with E-state index in [1.807, 2.05) is 0 Å². The number of esters is 1. The third-order valence-corrected chi connectivity index (χ3v) is 5.52. The van der Waals surface area contributed by atoms with Gasteiger partial charge in [-0.05, 0) is 19.1 Å². The highest BCUT2D eigenvalue weighted by Crippen LogP contribution is 2.22. The zero-order valence-electron chi connectivity index (χ0n) is 21.4. The van der Waals surface area contributed by atoms with Crippen molar-refractivity contribution in [3.05, 3.63) is 36.6 Å². The molecule has 37 heavy (non-hydrogen) atoms. The molecule has 2 amide bonds. The number of rotatable bonds is 13. The molecule has 1 rings (SSSR count). The SMILES string of the molecule is C=CC(=O)NN1CCOCC1(C)OC(=O)C(C=C(NC(=O)C(=C)CC(C(=O)[O-])[N+](C)(C)C)C(=O)O)CN. The van der Waals surface area contributed by atoms with Crippen LogP contribution in [0.2, 0.25) is 0 Å². The van der Waals surface area contributed by atoms with E-state index in [1.165, 1.54) is 11.9 Å². The Kier molecular flexibility index (Phi) is 11.1. The van der Waals surface area contributed by atoms with Crippen LogP contribution >= 0.6 is 0 Å². The van der Waals surface area contributed by atoms with Crippen LogP contribution in [-0.4, -0.2) is 104 Å². The molecule has 0 aromatic carbocycles. The number of amides is 2. The molecule has 1 fully saturated rings. The fourth-order valence-electron chi connectivity index (χ4n) is 3.27. The number of quaternary nitrogens is 1. The highest BCUT2D eigenvalue weighted by atomic mass is 16.6. The van der Waals surface area contributed by atoms with E-state index in [9.17, 15) is 34.2 Å². The number of carboxylic acid groups (broad SMARTS) is 2. The van der Waals surface area contributed by atoms with Gasteiger partial charge in [-0.25, -0.2) is 4.79 Å². The number of nitrogens with one attached hydrogen (secondary N) is 2. The first-order valence-corrected chi connectivity index (χ1v) is 11.2. The molecule has 1 aliphatic heterocycles. The van der Waals surface area contributed by atoms with Gasteiger partial charge < -0.3 is 40.0 Å². The second kappa shape index (κ2) is 13.1. The average molecular weight is 526 g/mol. The van der Waals surface area contributed by atoms with Crippen molar-refractivity contribution in [1.82, 2.24) is 15.8 Å². The lowest BCUT2D eigenvalue weighted by Gasteiger charge is -2.43. The Hall–Kier alpha value is -3.59. The maximum atomic E-state index is 12.9. The van der Waals surface area contributed by atoms with Crippen molar-refractivity contribution >= 4 is 29.7 Å². The highest BCUT2D eigenvalue weighted by Gasteiger charge is 2.41. The number of nitrogens with zero attached hydrogens (tertiary/aromatic N) is 2. The van der Waals surface area contributed by atoms with E-state index >= 15 is 0 Å². The molecule has 1 aliphatic rings. The molecular formula is C23H35N5O9. The molecule has 0 aromatic heterocycles. The second-order valence-electron chi connectivity index (χ2n) is 9.42. The number of carboxylic acids is 2. The van der Waals surface area contributed by atoms with Crippen molar-refractivity contribution in [3.63, 3.8) is 0 Å². The number of aliphatic carboxylic acids is 2. The number of hydrazine groups is 1. The van der Waals surface area contributed by atoms with E-state index in [2.05, 4.69) is 23.9 Å². The molecule has 0 bridgehead atoms. The van der Waals surface area contributed by atoms with Crippen LogP contribution in [0.3, 0.4) is 0 Å². The third kappa shape index (κ3) is 9.09. The topological polar surface area (TPSA) is 200 Å². The summed E-state index contributed by atoms with van der Waals surface area (Å²) in [6, 6.07) is -1.12. The molecule has 1 saturated heterocycles. The molecule has 14 heteroatoms. The molecule has 0 aromatic rings. The van der Waals surface area contributed by atoms with Crippen LogP contribution in [0.5, 0.6) is 0 Å². The lowest BCUT2D eigenvalue weighted by Crippen LogP contribution is -2.63. The van der Waals surface area contributed by atoms with Crippen LogP contribution < -0.4 is 21.6 Å². The van der Waals surface area contributed by atoms with Gasteiger partial charge in [0, 0.05) is 25.1 Å². The normalized spacial score (nSPS) is 20.2. The van der Waals surface area contributed by atoms with Crippen LogP contribution in [0, 0.1) is 5.92 Å². The van der Waals surface area contributed by atoms with Crippen LogP contribution in [0.4, 0.5) is 0 Å². The Morgan fingerprint density at radius 1 is 1.30 bits per heavy atom. The van der Waals surface area contributed by atoms with E-state index in [4.69, 9.17) is 15.2 Å². The predicted molar refractivity (Wildman–Crippen MR) is 127 cm³/mol. The third-order valence-electron chi connectivity index (χ3n) is 5.52. The van der Waals surface area contributed by atoms with Gasteiger partial charge >= 0.3 is 11.9 Å². The number of likely N-dealkylation sites (N-methyl/N-ethyl adjacent to an activating group) is 1. The molecule has 1 heterocycles. The Morgan fingerprint density at radius 2 is 1.92 bits per heavy atom. The lowest BCUT2D eigenvalue weighted by atomic mass is 10.0. The number of nitrogens with two attached hydrogens (primary N) is 1. The standard InChI is InChI=1S/C23H35N5O9/c1-7-18(29)26-27-8-9-36-13-23(27,3)37-22(35)15(12-24)11-16(20(31)32)25-19(30)14(2)10-17(21(33)34)28(4,5)6/h7,11,15,17H,1-2,8-10,12-13,24H2,3-6H3,(H3-,25,26,29,30,31,32,33,34). The minimum absolute atomic E-state index is 0.0654. The Balaban J connectivity index is 3.06. The summed E-state index contributed by atoms with van der Waals surface area (Å²) >= 11 is 0. The smallest absolute Gasteiger partial charge is 0.352 e. The summed E-state index contributed by atoms with van der Waals surface area (Å²) in [4.78, 5) is 60.5. The van der Waals surface area contributed by atoms with Crippen molar-refractivity contribution < 1.29 is 48.1 Å². The number of carbonyl (C=O) groups is 5. The molecule has 0 aliphatic carbocycles. The summed E-state index contributed by atoms with van der Waals surface area (Å²) in [5.74, 6) is -6.73. The Morgan fingerprint density at radius 3 is 2.41 bits per heavy atom. The second-order valence-corrected chi connectivity index (χ2v) is 9.42. The zero-order chi connectivity index (χ0) is 28.6. The fourth-order valence-corrected chi connectivity index (χ4v) is 3.27. The van der Waals surface area contributed by atoms with E-state index in [0.29, 0.717) is 0 Å². The summed E-state index contributed by atoms with van der Waals surface area (Å²) in [6.07, 6.45) is 1.64. The van der Waals surface area contributed by atoms with Crippen molar-refractivity contribution in [2.75, 3.05) is 47.4 Å². The molecule has 3 unspecified atom stereocenters. The minimum atomic E-state index is -1.58. The van der Waals surface area contributed by atoms with Gasteiger partial charge in [-0.1, -0.05) is 13.2 Å². The van der Waals surface area contributed by atoms with E-state index < -0.39 is 53.1 Å². The van der Waals surface area contributed by atoms with Gasteiger partial charge in [0.05, 0.1) is 39.6 Å². The zero-order valence-corrected chi connectivity index (χ0v) is 21.4. The van der Waals surface area contributed by atoms with Crippen molar-refractivity contribution in [3.8, 4) is 0 Å². The average Bonchev–Trinajstić information content (AvgIpc) is 2.79. The predicted octanol–water partition coefficient (Wildman–Crippen LogP) is -2.77. The van der Waals surface area contributed by atoms with E-state index in [0.717, 1.165) is 12.2 Å². The summed E-state index contributed by atoms with van der Waals surface area (Å²) in [6.45, 7) is 8.35. The Bertz CT molecular complexity index is 972. The number of ether oxygens (including phenoxy) is 2. The largest absolute Gasteiger partial charge is 0.544 e. The van der Waals surface area contributed by atoms with Crippen molar-refractivity contribution in [2.24, 2.45) is 11.7 Å². The van der Waals surface area contributed by atoms with Gasteiger partial charge in [-0.15, -0.1) is 0 Å². The van der Waals surface area contributed by atoms with Gasteiger partial charge in [0.25, 0.3) is 11.8 Å². The summed E-state index contributed by atoms with van der Waals surface area (Å²) in [7, 11) is 4.77. The summed E-state index contributed by atoms with van der Waals surface area (Å²) < 4.78 is 10.8. The van der Waals surface area contributed by atoms with Gasteiger partial charge in [0.1, 0.15) is 18.3 Å². The lowest BCUT2D eigenvalue weighted by molar-refractivity contribution is -0.889. The molecule has 206 valence electrons. The van der Waals surface area contributed by atoms with E-state index in [1.54, 1.807) is 21.1 Å². The minimum Gasteiger partial charge on any atom is -0.544 e. The first-order chi connectivity index (χ1) is 17.0. The Labute approximate surface area is 214 Å². The highest BCUT2D eigenvalue weighted by molar-refractivity contribution is 6.00. The maximum Gasteiger partial charge on any atom is 0.352 e. The maximum absolute atomic E-state index is 12.9. The summed E-state index contributed by atoms with van der Waals surface area (Å²) in [5.41, 5.74) is 5.86. The molecule has 5 N–H and O–H groups in total. The number of carbonyl (C=O) groups excluding carboxylic acids is 4. The van der Waals surface area contributed by atoms with Crippen molar-refractivity contribution in [2.45, 2.75) is 25.1 Å². The van der Waals surface area contributed by atoms with Crippen molar-refractivity contribution in [1.29, 1.82) is 0 Å². The van der Waals surface area contributed by atoms with E-state index in [-0.39, 0.29) is 42.8 Å². The van der Waals surface area contributed by atoms with Gasteiger partial charge in [-0.3, -0.25) is 19.8 Å². The quantitative estimate of drug-likeness (QED) is 0.110. The number of hydrogen-bond donors (Lipinski definition) is 4. The van der Waals surface area contributed by atoms with Crippen LogP contribution in [0.1, 0.15) is 13.3 Å². The molecule has 3 atom stereocenters. The monoisotopic (exact) mass is 525 g/mol. The van der Waals surface area contributed by atoms with Crippen LogP contribution in [-0.2, 0) is 33.4 Å². The van der Waals surface area contributed by atoms with Crippen LogP contribution in [0.25, 0.3) is 0 Å². The molecule has 0 spiro atoms. The van der Waals surface area contributed by atoms with Crippen LogP contribution in [0.15, 0.2) is 36.6 Å². The first kappa shape index (κ1) is 31.4. The summed E-state index contributed by atoms with van der Waals surface area (Å²) in [5, 5.41) is 24.5. The van der Waals surface area contributed by atoms with Gasteiger partial charge in [-0.2, -0.15) is 5.01 Å². The molecule has 0 radical (unpaired) electrons. The number of morpholine rings is 1. The number of hydrogen-bond acceptors (Lipinski definition) is 10. The molecule has 14 nitrogen and oxygen atoms in total.